The number of nitrogens with zero attached hydrogens (tertiary/aromatic N) is 2. The van der Waals surface area contributed by atoms with Crippen LogP contribution in [0.15, 0.2) is 4.52 Å². The Balaban J connectivity index is 0.000000980. The molecule has 0 saturated carbocycles. The Hall–Kier alpha value is -0.610. The summed E-state index contributed by atoms with van der Waals surface area (Å²) in [6, 6.07) is 0. The molecule has 1 aromatic rings. The molecule has 4 nitrogen and oxygen atoms in total. The van der Waals surface area contributed by atoms with Crippen LogP contribution in [0, 0.1) is 0 Å². The van der Waals surface area contributed by atoms with E-state index in [1.54, 1.807) is 0 Å². The molecule has 0 spiro atoms. The molecule has 1 saturated heterocycles. The molecule has 0 amide bonds. The second-order valence-corrected chi connectivity index (χ2v) is 4.56. The standard InChI is InChI=1S/C9H15N3O.ClH/c1-9(2,3)8-11-7(12-13-8)6-4-10-5-6;/h6,10H,4-5H2,1-3H3;1H. The normalized spacial score (nSPS) is 17.4. The molecule has 0 aliphatic carbocycles. The van der Waals surface area contributed by atoms with Crippen LogP contribution in [0.3, 0.4) is 0 Å². The van der Waals surface area contributed by atoms with Crippen molar-refractivity contribution < 1.29 is 4.52 Å². The van der Waals surface area contributed by atoms with E-state index in [1.165, 1.54) is 0 Å². The van der Waals surface area contributed by atoms with Crippen molar-refractivity contribution >= 4 is 12.4 Å². The second kappa shape index (κ2) is 3.87. The zero-order chi connectivity index (χ0) is 9.47. The van der Waals surface area contributed by atoms with Gasteiger partial charge in [-0.25, -0.2) is 0 Å². The lowest BCUT2D eigenvalue weighted by molar-refractivity contribution is 0.313. The highest BCUT2D eigenvalue weighted by Crippen LogP contribution is 2.23. The summed E-state index contributed by atoms with van der Waals surface area (Å²) in [4.78, 5) is 4.39. The van der Waals surface area contributed by atoms with Crippen molar-refractivity contribution in [2.75, 3.05) is 13.1 Å². The number of nitrogens with one attached hydrogen (secondary N) is 1. The zero-order valence-electron chi connectivity index (χ0n) is 8.70. The highest BCUT2D eigenvalue weighted by molar-refractivity contribution is 5.85. The maximum atomic E-state index is 5.20. The molecular weight excluding hydrogens is 202 g/mol. The highest BCUT2D eigenvalue weighted by Gasteiger charge is 2.27. The van der Waals surface area contributed by atoms with Crippen molar-refractivity contribution in [1.29, 1.82) is 0 Å². The van der Waals surface area contributed by atoms with Gasteiger partial charge in [0.05, 0.1) is 0 Å². The first-order chi connectivity index (χ1) is 6.07. The van der Waals surface area contributed by atoms with Gasteiger partial charge in [0, 0.05) is 24.4 Å². The third kappa shape index (κ3) is 2.07. The quantitative estimate of drug-likeness (QED) is 0.774. The van der Waals surface area contributed by atoms with Crippen LogP contribution in [-0.4, -0.2) is 23.2 Å². The third-order valence-electron chi connectivity index (χ3n) is 2.23. The van der Waals surface area contributed by atoms with Crippen LogP contribution in [0.1, 0.15) is 38.4 Å². The molecule has 5 heteroatoms. The van der Waals surface area contributed by atoms with Gasteiger partial charge in [0.25, 0.3) is 0 Å². The molecule has 1 fully saturated rings. The molecule has 0 unspecified atom stereocenters. The lowest BCUT2D eigenvalue weighted by Crippen LogP contribution is -2.40. The van der Waals surface area contributed by atoms with Crippen molar-refractivity contribution in [3.63, 3.8) is 0 Å². The molecule has 14 heavy (non-hydrogen) atoms. The Kier molecular flexibility index (Phi) is 3.17. The van der Waals surface area contributed by atoms with Crippen LogP contribution in [0.5, 0.6) is 0 Å². The minimum atomic E-state index is -0.0393. The number of halogens is 1. The largest absolute Gasteiger partial charge is 0.339 e. The third-order valence-corrected chi connectivity index (χ3v) is 2.23. The first kappa shape index (κ1) is 11.5. The van der Waals surface area contributed by atoms with Gasteiger partial charge in [0.2, 0.25) is 5.89 Å². The van der Waals surface area contributed by atoms with E-state index in [-0.39, 0.29) is 17.8 Å². The van der Waals surface area contributed by atoms with E-state index < -0.39 is 0 Å². The summed E-state index contributed by atoms with van der Waals surface area (Å²) >= 11 is 0. The molecule has 0 bridgehead atoms. The zero-order valence-corrected chi connectivity index (χ0v) is 9.52. The highest BCUT2D eigenvalue weighted by atomic mass is 35.5. The lowest BCUT2D eigenvalue weighted by Gasteiger charge is -2.23. The van der Waals surface area contributed by atoms with Crippen LogP contribution < -0.4 is 5.32 Å². The van der Waals surface area contributed by atoms with Crippen molar-refractivity contribution in [1.82, 2.24) is 15.5 Å². The molecular formula is C9H16ClN3O. The van der Waals surface area contributed by atoms with E-state index in [9.17, 15) is 0 Å². The fourth-order valence-electron chi connectivity index (χ4n) is 1.18. The molecule has 1 N–H and O–H groups in total. The van der Waals surface area contributed by atoms with Crippen molar-refractivity contribution in [3.8, 4) is 0 Å². The summed E-state index contributed by atoms with van der Waals surface area (Å²) in [5.41, 5.74) is -0.0393. The monoisotopic (exact) mass is 217 g/mol. The van der Waals surface area contributed by atoms with Gasteiger partial charge >= 0.3 is 0 Å². The predicted molar refractivity (Wildman–Crippen MR) is 55.9 cm³/mol. The second-order valence-electron chi connectivity index (χ2n) is 4.56. The molecule has 2 heterocycles. The first-order valence-electron chi connectivity index (χ1n) is 4.62. The predicted octanol–water partition coefficient (Wildman–Crippen LogP) is 1.48. The molecule has 2 rings (SSSR count). The van der Waals surface area contributed by atoms with Crippen molar-refractivity contribution in [3.05, 3.63) is 11.7 Å². The summed E-state index contributed by atoms with van der Waals surface area (Å²) in [6.45, 7) is 8.17. The Bertz CT molecular complexity index is 301. The summed E-state index contributed by atoms with van der Waals surface area (Å²) in [5.74, 6) is 2.04. The summed E-state index contributed by atoms with van der Waals surface area (Å²) in [6.07, 6.45) is 0. The Morgan fingerprint density at radius 1 is 1.36 bits per heavy atom. The smallest absolute Gasteiger partial charge is 0.232 e. The average molecular weight is 218 g/mol. The van der Waals surface area contributed by atoms with E-state index in [0.717, 1.165) is 24.8 Å². The van der Waals surface area contributed by atoms with Crippen LogP contribution >= 0.6 is 12.4 Å². The van der Waals surface area contributed by atoms with Gasteiger partial charge < -0.3 is 9.84 Å². The Morgan fingerprint density at radius 2 is 2.00 bits per heavy atom. The Labute approximate surface area is 89.9 Å². The van der Waals surface area contributed by atoms with E-state index in [4.69, 9.17) is 4.52 Å². The van der Waals surface area contributed by atoms with Gasteiger partial charge in [-0.1, -0.05) is 25.9 Å². The number of aromatic nitrogens is 2. The van der Waals surface area contributed by atoms with E-state index in [0.29, 0.717) is 5.92 Å². The minimum absolute atomic E-state index is 0. The van der Waals surface area contributed by atoms with E-state index >= 15 is 0 Å². The fraction of sp³-hybridized carbons (Fsp3) is 0.778. The number of hydrogen-bond acceptors (Lipinski definition) is 4. The van der Waals surface area contributed by atoms with Gasteiger partial charge in [-0.15, -0.1) is 12.4 Å². The van der Waals surface area contributed by atoms with Gasteiger partial charge in [-0.05, 0) is 0 Å². The van der Waals surface area contributed by atoms with Gasteiger partial charge in [0.15, 0.2) is 5.82 Å². The topological polar surface area (TPSA) is 51.0 Å². The van der Waals surface area contributed by atoms with Crippen LogP contribution in [0.2, 0.25) is 0 Å². The van der Waals surface area contributed by atoms with E-state index in [1.807, 2.05) is 0 Å². The van der Waals surface area contributed by atoms with E-state index in [2.05, 4.69) is 36.2 Å². The first-order valence-corrected chi connectivity index (χ1v) is 4.62. The van der Waals surface area contributed by atoms with Crippen molar-refractivity contribution in [2.45, 2.75) is 32.1 Å². The van der Waals surface area contributed by atoms with Crippen molar-refractivity contribution in [2.24, 2.45) is 0 Å². The molecule has 80 valence electrons. The summed E-state index contributed by atoms with van der Waals surface area (Å²) in [7, 11) is 0. The molecule has 1 aliphatic heterocycles. The Morgan fingerprint density at radius 3 is 2.36 bits per heavy atom. The summed E-state index contributed by atoms with van der Waals surface area (Å²) < 4.78 is 5.20. The molecule has 1 aliphatic rings. The van der Waals surface area contributed by atoms with Crippen LogP contribution in [0.4, 0.5) is 0 Å². The lowest BCUT2D eigenvalue weighted by atomic mass is 9.97. The maximum Gasteiger partial charge on any atom is 0.232 e. The van der Waals surface area contributed by atoms with Gasteiger partial charge in [-0.2, -0.15) is 4.98 Å². The molecule has 0 aromatic carbocycles. The molecule has 1 aromatic heterocycles. The number of rotatable bonds is 1. The van der Waals surface area contributed by atoms with Crippen LogP contribution in [0.25, 0.3) is 0 Å². The van der Waals surface area contributed by atoms with Gasteiger partial charge in [-0.3, -0.25) is 0 Å². The fourth-order valence-corrected chi connectivity index (χ4v) is 1.18. The maximum absolute atomic E-state index is 5.20. The number of hydrogen-bond donors (Lipinski definition) is 1. The van der Waals surface area contributed by atoms with Gasteiger partial charge in [0.1, 0.15) is 0 Å². The molecule has 0 atom stereocenters. The SMILES string of the molecule is CC(C)(C)c1nc(C2CNC2)no1.Cl. The minimum Gasteiger partial charge on any atom is -0.339 e. The van der Waals surface area contributed by atoms with Crippen LogP contribution in [-0.2, 0) is 5.41 Å². The average Bonchev–Trinajstić information content (AvgIpc) is 2.29. The summed E-state index contributed by atoms with van der Waals surface area (Å²) in [5, 5.41) is 7.16. The molecule has 0 radical (unpaired) electrons.